The SMILES string of the molecule is COc1nc(N)n(-c2cccnc2)n1. The molecule has 2 heterocycles. The lowest BCUT2D eigenvalue weighted by Crippen LogP contribution is -2.02. The summed E-state index contributed by atoms with van der Waals surface area (Å²) in [5, 5.41) is 4.02. The Morgan fingerprint density at radius 1 is 1.50 bits per heavy atom. The molecule has 0 saturated heterocycles. The van der Waals surface area contributed by atoms with Crippen molar-refractivity contribution in [2.24, 2.45) is 0 Å². The summed E-state index contributed by atoms with van der Waals surface area (Å²) in [5.41, 5.74) is 6.38. The molecular weight excluding hydrogens is 182 g/mol. The maximum atomic E-state index is 5.63. The smallest absolute Gasteiger partial charge is 0.337 e. The zero-order chi connectivity index (χ0) is 9.97. The molecule has 6 nitrogen and oxygen atoms in total. The topological polar surface area (TPSA) is 78.9 Å². The minimum Gasteiger partial charge on any atom is -0.466 e. The molecule has 0 spiro atoms. The maximum absolute atomic E-state index is 5.63. The third-order valence-electron chi connectivity index (χ3n) is 1.69. The molecule has 0 amide bonds. The highest BCUT2D eigenvalue weighted by atomic mass is 16.5. The molecule has 0 bridgehead atoms. The van der Waals surface area contributed by atoms with Crippen molar-refractivity contribution in [1.29, 1.82) is 0 Å². The Morgan fingerprint density at radius 2 is 2.36 bits per heavy atom. The molecule has 14 heavy (non-hydrogen) atoms. The van der Waals surface area contributed by atoms with Gasteiger partial charge in [0.2, 0.25) is 5.95 Å². The predicted octanol–water partition coefficient (Wildman–Crippen LogP) is 0.253. The Hall–Kier alpha value is -2.11. The fourth-order valence-corrected chi connectivity index (χ4v) is 1.06. The van der Waals surface area contributed by atoms with Gasteiger partial charge in [-0.15, -0.1) is 5.10 Å². The van der Waals surface area contributed by atoms with Gasteiger partial charge in [-0.2, -0.15) is 9.67 Å². The van der Waals surface area contributed by atoms with Crippen LogP contribution in [-0.2, 0) is 0 Å². The van der Waals surface area contributed by atoms with Gasteiger partial charge in [-0.3, -0.25) is 4.98 Å². The molecule has 0 unspecified atom stereocenters. The lowest BCUT2D eigenvalue weighted by atomic mass is 10.4. The Bertz CT molecular complexity index is 425. The number of methoxy groups -OCH3 is 1. The van der Waals surface area contributed by atoms with Crippen molar-refractivity contribution < 1.29 is 4.74 Å². The van der Waals surface area contributed by atoms with Gasteiger partial charge in [-0.1, -0.05) is 0 Å². The van der Waals surface area contributed by atoms with Gasteiger partial charge in [0.25, 0.3) is 0 Å². The molecule has 2 aromatic heterocycles. The zero-order valence-electron chi connectivity index (χ0n) is 7.58. The molecular formula is C8H9N5O. The van der Waals surface area contributed by atoms with Crippen molar-refractivity contribution >= 4 is 5.95 Å². The van der Waals surface area contributed by atoms with Crippen LogP contribution in [-0.4, -0.2) is 26.9 Å². The molecule has 0 aliphatic rings. The summed E-state index contributed by atoms with van der Waals surface area (Å²) in [6.45, 7) is 0. The molecule has 6 heteroatoms. The standard InChI is InChI=1S/C8H9N5O/c1-14-8-11-7(9)13(12-8)6-3-2-4-10-5-6/h2-5H,1H3,(H2,9,11,12). The van der Waals surface area contributed by atoms with E-state index in [1.807, 2.05) is 6.07 Å². The van der Waals surface area contributed by atoms with Crippen LogP contribution in [0.1, 0.15) is 0 Å². The molecule has 72 valence electrons. The number of hydrogen-bond acceptors (Lipinski definition) is 5. The highest BCUT2D eigenvalue weighted by Crippen LogP contribution is 2.12. The summed E-state index contributed by atoms with van der Waals surface area (Å²) in [5.74, 6) is 0.273. The number of ether oxygens (including phenoxy) is 1. The summed E-state index contributed by atoms with van der Waals surface area (Å²) in [4.78, 5) is 7.84. The first kappa shape index (κ1) is 8.49. The van der Waals surface area contributed by atoms with E-state index in [0.29, 0.717) is 0 Å². The molecule has 0 aliphatic carbocycles. The highest BCUT2D eigenvalue weighted by molar-refractivity contribution is 5.35. The van der Waals surface area contributed by atoms with Crippen LogP contribution < -0.4 is 10.5 Å². The van der Waals surface area contributed by atoms with Crippen LogP contribution >= 0.6 is 0 Å². The van der Waals surface area contributed by atoms with Crippen molar-refractivity contribution in [2.75, 3.05) is 12.8 Å². The molecule has 2 rings (SSSR count). The van der Waals surface area contributed by atoms with Crippen LogP contribution in [0.5, 0.6) is 6.01 Å². The van der Waals surface area contributed by atoms with Crippen LogP contribution in [0.25, 0.3) is 5.69 Å². The zero-order valence-corrected chi connectivity index (χ0v) is 7.58. The molecule has 0 atom stereocenters. The van der Waals surface area contributed by atoms with Crippen LogP contribution in [0, 0.1) is 0 Å². The number of nitrogen functional groups attached to an aromatic ring is 1. The fraction of sp³-hybridized carbons (Fsp3) is 0.125. The third-order valence-corrected chi connectivity index (χ3v) is 1.69. The second-order valence-electron chi connectivity index (χ2n) is 2.58. The van der Waals surface area contributed by atoms with Crippen molar-refractivity contribution in [3.8, 4) is 11.7 Å². The number of anilines is 1. The number of nitrogens with two attached hydrogens (primary N) is 1. The van der Waals surface area contributed by atoms with Gasteiger partial charge in [0.1, 0.15) is 0 Å². The van der Waals surface area contributed by atoms with Crippen LogP contribution in [0.3, 0.4) is 0 Å². The molecule has 2 aromatic rings. The average molecular weight is 191 g/mol. The Kier molecular flexibility index (Phi) is 2.02. The van der Waals surface area contributed by atoms with E-state index in [2.05, 4.69) is 15.1 Å². The third kappa shape index (κ3) is 1.37. The summed E-state index contributed by atoms with van der Waals surface area (Å²) < 4.78 is 6.32. The van der Waals surface area contributed by atoms with E-state index in [1.54, 1.807) is 18.5 Å². The van der Waals surface area contributed by atoms with E-state index in [9.17, 15) is 0 Å². The van der Waals surface area contributed by atoms with Crippen LogP contribution in [0.4, 0.5) is 5.95 Å². The van der Waals surface area contributed by atoms with Crippen molar-refractivity contribution in [3.05, 3.63) is 24.5 Å². The number of rotatable bonds is 2. The summed E-state index contributed by atoms with van der Waals surface area (Å²) in [7, 11) is 1.49. The Morgan fingerprint density at radius 3 is 2.93 bits per heavy atom. The van der Waals surface area contributed by atoms with E-state index < -0.39 is 0 Å². The van der Waals surface area contributed by atoms with Gasteiger partial charge in [0, 0.05) is 6.20 Å². The minimum atomic E-state index is 0.242. The number of pyridine rings is 1. The number of aromatic nitrogens is 4. The maximum Gasteiger partial charge on any atom is 0.337 e. The van der Waals surface area contributed by atoms with Gasteiger partial charge in [-0.25, -0.2) is 0 Å². The van der Waals surface area contributed by atoms with Gasteiger partial charge in [0.05, 0.1) is 19.0 Å². The van der Waals surface area contributed by atoms with E-state index in [1.165, 1.54) is 11.8 Å². The number of nitrogens with zero attached hydrogens (tertiary/aromatic N) is 4. The van der Waals surface area contributed by atoms with Crippen molar-refractivity contribution in [1.82, 2.24) is 19.7 Å². The molecule has 0 fully saturated rings. The Balaban J connectivity index is 2.46. The first-order chi connectivity index (χ1) is 6.81. The van der Waals surface area contributed by atoms with E-state index in [-0.39, 0.29) is 12.0 Å². The fourth-order valence-electron chi connectivity index (χ4n) is 1.06. The van der Waals surface area contributed by atoms with Crippen molar-refractivity contribution in [2.45, 2.75) is 0 Å². The average Bonchev–Trinajstić information content (AvgIpc) is 2.61. The monoisotopic (exact) mass is 191 g/mol. The summed E-state index contributed by atoms with van der Waals surface area (Å²) >= 11 is 0. The molecule has 0 aliphatic heterocycles. The Labute approximate surface area is 80.4 Å². The van der Waals surface area contributed by atoms with E-state index in [0.717, 1.165) is 5.69 Å². The molecule has 2 N–H and O–H groups in total. The second-order valence-corrected chi connectivity index (χ2v) is 2.58. The second kappa shape index (κ2) is 3.33. The first-order valence-corrected chi connectivity index (χ1v) is 3.98. The van der Waals surface area contributed by atoms with Crippen LogP contribution in [0.15, 0.2) is 24.5 Å². The highest BCUT2D eigenvalue weighted by Gasteiger charge is 2.07. The quantitative estimate of drug-likeness (QED) is 0.736. The summed E-state index contributed by atoms with van der Waals surface area (Å²) in [6, 6.07) is 3.87. The lowest BCUT2D eigenvalue weighted by molar-refractivity contribution is 0.380. The lowest BCUT2D eigenvalue weighted by Gasteiger charge is -1.99. The normalized spacial score (nSPS) is 10.1. The summed E-state index contributed by atoms with van der Waals surface area (Å²) in [6.07, 6.45) is 3.32. The molecule has 0 aromatic carbocycles. The van der Waals surface area contributed by atoms with Gasteiger partial charge in [-0.05, 0) is 12.1 Å². The first-order valence-electron chi connectivity index (χ1n) is 3.98. The van der Waals surface area contributed by atoms with Crippen LogP contribution in [0.2, 0.25) is 0 Å². The van der Waals surface area contributed by atoms with E-state index in [4.69, 9.17) is 10.5 Å². The minimum absolute atomic E-state index is 0.242. The molecule has 0 saturated carbocycles. The van der Waals surface area contributed by atoms with Gasteiger partial charge < -0.3 is 10.5 Å². The van der Waals surface area contributed by atoms with E-state index >= 15 is 0 Å². The molecule has 0 radical (unpaired) electrons. The predicted molar refractivity (Wildman–Crippen MR) is 50.1 cm³/mol. The van der Waals surface area contributed by atoms with Gasteiger partial charge in [0.15, 0.2) is 0 Å². The number of hydrogen-bond donors (Lipinski definition) is 1. The van der Waals surface area contributed by atoms with Crippen molar-refractivity contribution in [3.63, 3.8) is 0 Å². The largest absolute Gasteiger partial charge is 0.466 e. The van der Waals surface area contributed by atoms with Gasteiger partial charge >= 0.3 is 6.01 Å².